The van der Waals surface area contributed by atoms with E-state index in [1.165, 1.54) is 0 Å². The summed E-state index contributed by atoms with van der Waals surface area (Å²) in [5.74, 6) is 0. The molecule has 0 bridgehead atoms. The summed E-state index contributed by atoms with van der Waals surface area (Å²) >= 11 is 17.9. The first-order valence-corrected chi connectivity index (χ1v) is 6.63. The minimum absolute atomic E-state index is 0.0667. The van der Waals surface area contributed by atoms with E-state index in [9.17, 15) is 0 Å². The van der Waals surface area contributed by atoms with Gasteiger partial charge in [-0.1, -0.05) is 53.0 Å². The Kier molecular flexibility index (Phi) is 4.52. The van der Waals surface area contributed by atoms with Gasteiger partial charge in [0.25, 0.3) is 0 Å². The number of hydrogen-bond donors (Lipinski definition) is 1. The average molecular weight is 301 g/mol. The van der Waals surface area contributed by atoms with E-state index in [-0.39, 0.29) is 6.04 Å². The highest BCUT2D eigenvalue weighted by molar-refractivity contribution is 6.42. The van der Waals surface area contributed by atoms with E-state index in [2.05, 4.69) is 5.32 Å². The van der Waals surface area contributed by atoms with Gasteiger partial charge in [0.2, 0.25) is 0 Å². The third-order valence-electron chi connectivity index (χ3n) is 2.77. The highest BCUT2D eigenvalue weighted by Gasteiger charge is 2.13. The van der Waals surface area contributed by atoms with Crippen molar-refractivity contribution in [3.63, 3.8) is 0 Å². The van der Waals surface area contributed by atoms with Crippen LogP contribution in [0.25, 0.3) is 0 Å². The van der Waals surface area contributed by atoms with Gasteiger partial charge < -0.3 is 5.32 Å². The Labute approximate surface area is 122 Å². The Balaban J connectivity index is 2.38. The zero-order valence-corrected chi connectivity index (χ0v) is 12.0. The lowest BCUT2D eigenvalue weighted by Crippen LogP contribution is -2.17. The van der Waals surface area contributed by atoms with Gasteiger partial charge in [-0.3, -0.25) is 0 Å². The summed E-state index contributed by atoms with van der Waals surface area (Å²) in [5.41, 5.74) is 2.19. The molecule has 2 aromatic rings. The predicted octanol–water partition coefficient (Wildman–Crippen LogP) is 4.96. The van der Waals surface area contributed by atoms with E-state index < -0.39 is 0 Å². The van der Waals surface area contributed by atoms with Crippen molar-refractivity contribution in [3.8, 4) is 0 Å². The van der Waals surface area contributed by atoms with E-state index in [1.54, 1.807) is 6.07 Å². The molecular formula is C14H12Cl3N. The number of hydrogen-bond acceptors (Lipinski definition) is 1. The maximum absolute atomic E-state index is 6.05. The van der Waals surface area contributed by atoms with E-state index in [0.29, 0.717) is 10.0 Å². The molecule has 0 spiro atoms. The molecule has 4 heteroatoms. The Bertz CT molecular complexity index is 537. The fourth-order valence-corrected chi connectivity index (χ4v) is 2.31. The first-order valence-electron chi connectivity index (χ1n) is 5.49. The molecule has 0 fully saturated rings. The summed E-state index contributed by atoms with van der Waals surface area (Å²) in [4.78, 5) is 0. The number of nitrogens with one attached hydrogen (secondary N) is 1. The smallest absolute Gasteiger partial charge is 0.0595 e. The molecule has 0 aliphatic rings. The largest absolute Gasteiger partial charge is 0.309 e. The Morgan fingerprint density at radius 2 is 1.44 bits per heavy atom. The van der Waals surface area contributed by atoms with Gasteiger partial charge >= 0.3 is 0 Å². The monoisotopic (exact) mass is 299 g/mol. The third kappa shape index (κ3) is 2.99. The van der Waals surface area contributed by atoms with E-state index in [0.717, 1.165) is 16.1 Å². The molecule has 2 aromatic carbocycles. The summed E-state index contributed by atoms with van der Waals surface area (Å²) in [5, 5.41) is 5.10. The Hall–Kier alpha value is -0.730. The minimum Gasteiger partial charge on any atom is -0.309 e. The van der Waals surface area contributed by atoms with E-state index >= 15 is 0 Å². The van der Waals surface area contributed by atoms with Gasteiger partial charge in [-0.25, -0.2) is 0 Å². The summed E-state index contributed by atoms with van der Waals surface area (Å²) in [6.07, 6.45) is 0. The molecular weight excluding hydrogens is 289 g/mol. The molecule has 0 radical (unpaired) electrons. The van der Waals surface area contributed by atoms with Crippen LogP contribution < -0.4 is 5.32 Å². The third-order valence-corrected chi connectivity index (χ3v) is 3.76. The van der Waals surface area contributed by atoms with Crippen LogP contribution in [0.3, 0.4) is 0 Å². The van der Waals surface area contributed by atoms with Gasteiger partial charge in [-0.2, -0.15) is 0 Å². The van der Waals surface area contributed by atoms with Gasteiger partial charge in [0, 0.05) is 5.02 Å². The maximum atomic E-state index is 6.05. The van der Waals surface area contributed by atoms with Crippen molar-refractivity contribution in [1.29, 1.82) is 0 Å². The molecule has 0 aliphatic heterocycles. The zero-order chi connectivity index (χ0) is 13.1. The Morgan fingerprint density at radius 1 is 0.833 bits per heavy atom. The molecule has 18 heavy (non-hydrogen) atoms. The van der Waals surface area contributed by atoms with Crippen molar-refractivity contribution < 1.29 is 0 Å². The quantitative estimate of drug-likeness (QED) is 0.845. The average Bonchev–Trinajstić information content (AvgIpc) is 2.37. The lowest BCUT2D eigenvalue weighted by atomic mass is 9.99. The van der Waals surface area contributed by atoms with Crippen LogP contribution in [-0.2, 0) is 0 Å². The van der Waals surface area contributed by atoms with E-state index in [4.69, 9.17) is 34.8 Å². The molecule has 1 unspecified atom stereocenters. The van der Waals surface area contributed by atoms with Crippen molar-refractivity contribution in [1.82, 2.24) is 5.32 Å². The molecule has 94 valence electrons. The lowest BCUT2D eigenvalue weighted by molar-refractivity contribution is 0.692. The van der Waals surface area contributed by atoms with Crippen LogP contribution in [0.4, 0.5) is 0 Å². The molecule has 0 aliphatic carbocycles. The number of halogens is 3. The lowest BCUT2D eigenvalue weighted by Gasteiger charge is -2.18. The maximum Gasteiger partial charge on any atom is 0.0595 e. The molecule has 0 aromatic heterocycles. The molecule has 2 rings (SSSR count). The molecule has 0 amide bonds. The molecule has 1 atom stereocenters. The first kappa shape index (κ1) is 13.7. The van der Waals surface area contributed by atoms with Crippen LogP contribution in [0.1, 0.15) is 17.2 Å². The molecule has 0 heterocycles. The first-order chi connectivity index (χ1) is 8.61. The van der Waals surface area contributed by atoms with Crippen molar-refractivity contribution in [2.75, 3.05) is 7.05 Å². The highest BCUT2D eigenvalue weighted by Crippen LogP contribution is 2.29. The van der Waals surface area contributed by atoms with Gasteiger partial charge in [0.1, 0.15) is 0 Å². The summed E-state index contributed by atoms with van der Waals surface area (Å²) in [6, 6.07) is 13.4. The number of benzene rings is 2. The molecule has 1 N–H and O–H groups in total. The van der Waals surface area contributed by atoms with Gasteiger partial charge in [0.05, 0.1) is 16.1 Å². The van der Waals surface area contributed by atoms with Gasteiger partial charge in [-0.05, 0) is 42.4 Å². The van der Waals surface area contributed by atoms with Crippen molar-refractivity contribution in [2.45, 2.75) is 6.04 Å². The van der Waals surface area contributed by atoms with Crippen molar-refractivity contribution >= 4 is 34.8 Å². The van der Waals surface area contributed by atoms with Crippen LogP contribution in [0.2, 0.25) is 15.1 Å². The fraction of sp³-hybridized carbons (Fsp3) is 0.143. The zero-order valence-electron chi connectivity index (χ0n) is 9.75. The van der Waals surface area contributed by atoms with E-state index in [1.807, 2.05) is 43.4 Å². The van der Waals surface area contributed by atoms with Crippen molar-refractivity contribution in [3.05, 3.63) is 68.7 Å². The molecule has 0 saturated carbocycles. The van der Waals surface area contributed by atoms with Crippen LogP contribution >= 0.6 is 34.8 Å². The second kappa shape index (κ2) is 5.94. The standard InChI is InChI=1S/C14H12Cl3N/c1-18-14(9-2-5-11(15)6-3-9)10-4-7-12(16)13(17)8-10/h2-8,14,18H,1H3. The summed E-state index contributed by atoms with van der Waals surface area (Å²) in [7, 11) is 1.90. The normalized spacial score (nSPS) is 12.4. The van der Waals surface area contributed by atoms with Crippen LogP contribution in [0.15, 0.2) is 42.5 Å². The predicted molar refractivity (Wildman–Crippen MR) is 78.8 cm³/mol. The molecule has 0 saturated heterocycles. The topological polar surface area (TPSA) is 12.0 Å². The summed E-state index contributed by atoms with van der Waals surface area (Å²) < 4.78 is 0. The second-order valence-electron chi connectivity index (χ2n) is 3.95. The van der Waals surface area contributed by atoms with Gasteiger partial charge in [0.15, 0.2) is 0 Å². The fourth-order valence-electron chi connectivity index (χ4n) is 1.87. The second-order valence-corrected chi connectivity index (χ2v) is 5.20. The minimum atomic E-state index is 0.0667. The van der Waals surface area contributed by atoms with Crippen LogP contribution in [0.5, 0.6) is 0 Å². The van der Waals surface area contributed by atoms with Crippen LogP contribution in [0, 0.1) is 0 Å². The molecule has 1 nitrogen and oxygen atoms in total. The SMILES string of the molecule is CNC(c1ccc(Cl)cc1)c1ccc(Cl)c(Cl)c1. The number of rotatable bonds is 3. The Morgan fingerprint density at radius 3 is 2.00 bits per heavy atom. The van der Waals surface area contributed by atoms with Gasteiger partial charge in [-0.15, -0.1) is 0 Å². The van der Waals surface area contributed by atoms with Crippen LogP contribution in [-0.4, -0.2) is 7.05 Å². The van der Waals surface area contributed by atoms with Crippen molar-refractivity contribution in [2.24, 2.45) is 0 Å². The summed E-state index contributed by atoms with van der Waals surface area (Å²) in [6.45, 7) is 0. The highest BCUT2D eigenvalue weighted by atomic mass is 35.5.